The lowest BCUT2D eigenvalue weighted by atomic mass is 9.98. The Bertz CT molecular complexity index is 1270. The van der Waals surface area contributed by atoms with E-state index in [1.165, 1.54) is 11.8 Å². The molecule has 0 saturated heterocycles. The summed E-state index contributed by atoms with van der Waals surface area (Å²) in [6.45, 7) is 1.11. The molecule has 2 amide bonds. The lowest BCUT2D eigenvalue weighted by Crippen LogP contribution is -2.35. The zero-order chi connectivity index (χ0) is 22.6. The van der Waals surface area contributed by atoms with Crippen molar-refractivity contribution in [3.05, 3.63) is 114 Å². The molecule has 1 N–H and O–H groups in total. The predicted molar refractivity (Wildman–Crippen MR) is 125 cm³/mol. The van der Waals surface area contributed by atoms with Crippen molar-refractivity contribution < 1.29 is 18.7 Å². The van der Waals surface area contributed by atoms with Gasteiger partial charge in [0, 0.05) is 24.3 Å². The van der Waals surface area contributed by atoms with Gasteiger partial charge < -0.3 is 19.4 Å². The van der Waals surface area contributed by atoms with E-state index in [0.717, 1.165) is 17.7 Å². The first-order valence-corrected chi connectivity index (χ1v) is 10.7. The van der Waals surface area contributed by atoms with Gasteiger partial charge in [-0.25, -0.2) is 0 Å². The molecule has 2 heterocycles. The fraction of sp³-hybridized carbons (Fsp3) is 0.111. The first-order chi connectivity index (χ1) is 16.2. The Morgan fingerprint density at radius 3 is 2.39 bits per heavy atom. The van der Waals surface area contributed by atoms with Gasteiger partial charge >= 0.3 is 0 Å². The molecule has 5 rings (SSSR count). The standard InChI is InChI=1S/C27H22N2O4/c30-26(20-9-12-24(13-10-20)33-23-5-2-1-3-6-23)28-22-11-8-19-14-15-29(18-21(19)17-22)27(31)25-7-4-16-32-25/h1-13,16-17H,14-15,18H2,(H,28,30). The number of anilines is 1. The summed E-state index contributed by atoms with van der Waals surface area (Å²) in [5, 5.41) is 2.95. The molecule has 1 aliphatic rings. The molecule has 0 spiro atoms. The Labute approximate surface area is 191 Å². The summed E-state index contributed by atoms with van der Waals surface area (Å²) >= 11 is 0. The first-order valence-electron chi connectivity index (χ1n) is 10.7. The highest BCUT2D eigenvalue weighted by molar-refractivity contribution is 6.04. The molecule has 164 valence electrons. The number of hydrogen-bond donors (Lipinski definition) is 1. The van der Waals surface area contributed by atoms with Gasteiger partial charge in [-0.2, -0.15) is 0 Å². The van der Waals surface area contributed by atoms with Crippen LogP contribution >= 0.6 is 0 Å². The van der Waals surface area contributed by atoms with Crippen LogP contribution in [0.4, 0.5) is 5.69 Å². The third-order valence-electron chi connectivity index (χ3n) is 5.59. The summed E-state index contributed by atoms with van der Waals surface area (Å²) in [7, 11) is 0. The monoisotopic (exact) mass is 438 g/mol. The van der Waals surface area contributed by atoms with Crippen molar-refractivity contribution in [3.63, 3.8) is 0 Å². The number of nitrogens with one attached hydrogen (secondary N) is 1. The Balaban J connectivity index is 1.25. The lowest BCUT2D eigenvalue weighted by molar-refractivity contribution is 0.0702. The molecule has 4 aromatic rings. The van der Waals surface area contributed by atoms with Gasteiger partial charge in [0.2, 0.25) is 0 Å². The van der Waals surface area contributed by atoms with E-state index in [9.17, 15) is 9.59 Å². The largest absolute Gasteiger partial charge is 0.459 e. The van der Waals surface area contributed by atoms with Crippen molar-refractivity contribution in [3.8, 4) is 11.5 Å². The molecule has 0 aliphatic carbocycles. The number of fused-ring (bicyclic) bond motifs is 1. The maximum atomic E-state index is 12.8. The Morgan fingerprint density at radius 1 is 0.848 bits per heavy atom. The quantitative estimate of drug-likeness (QED) is 0.445. The van der Waals surface area contributed by atoms with E-state index in [1.54, 1.807) is 41.3 Å². The number of para-hydroxylation sites is 1. The number of furan rings is 1. The third-order valence-corrected chi connectivity index (χ3v) is 5.59. The average molecular weight is 438 g/mol. The van der Waals surface area contributed by atoms with E-state index in [4.69, 9.17) is 9.15 Å². The second-order valence-corrected chi connectivity index (χ2v) is 7.83. The van der Waals surface area contributed by atoms with E-state index >= 15 is 0 Å². The summed E-state index contributed by atoms with van der Waals surface area (Å²) in [6.07, 6.45) is 2.26. The summed E-state index contributed by atoms with van der Waals surface area (Å²) in [5.74, 6) is 1.40. The molecule has 0 bridgehead atoms. The summed E-state index contributed by atoms with van der Waals surface area (Å²) in [4.78, 5) is 27.1. The number of amides is 2. The van der Waals surface area contributed by atoms with Crippen LogP contribution in [0.3, 0.4) is 0 Å². The van der Waals surface area contributed by atoms with Crippen LogP contribution in [0.1, 0.15) is 32.0 Å². The molecule has 6 nitrogen and oxygen atoms in total. The van der Waals surface area contributed by atoms with Gasteiger partial charge in [0.1, 0.15) is 11.5 Å². The van der Waals surface area contributed by atoms with Crippen LogP contribution in [-0.4, -0.2) is 23.3 Å². The Hall–Kier alpha value is -4.32. The minimum atomic E-state index is -0.208. The first kappa shape index (κ1) is 20.6. The smallest absolute Gasteiger partial charge is 0.289 e. The normalized spacial score (nSPS) is 12.7. The minimum absolute atomic E-state index is 0.127. The SMILES string of the molecule is O=C(Nc1ccc2c(c1)CN(C(=O)c1ccco1)CC2)c1ccc(Oc2ccccc2)cc1. The maximum Gasteiger partial charge on any atom is 0.289 e. The van der Waals surface area contributed by atoms with E-state index in [-0.39, 0.29) is 11.8 Å². The number of rotatable bonds is 5. The van der Waals surface area contributed by atoms with Gasteiger partial charge in [-0.05, 0) is 78.2 Å². The molecule has 33 heavy (non-hydrogen) atoms. The molecule has 3 aromatic carbocycles. The lowest BCUT2D eigenvalue weighted by Gasteiger charge is -2.28. The van der Waals surface area contributed by atoms with Gasteiger partial charge in [0.25, 0.3) is 11.8 Å². The Morgan fingerprint density at radius 2 is 1.64 bits per heavy atom. The van der Waals surface area contributed by atoms with E-state index < -0.39 is 0 Å². The number of ether oxygens (including phenoxy) is 1. The molecule has 1 aromatic heterocycles. The third kappa shape index (κ3) is 4.65. The molecule has 0 atom stereocenters. The number of benzene rings is 3. The van der Waals surface area contributed by atoms with Crippen LogP contribution < -0.4 is 10.1 Å². The highest BCUT2D eigenvalue weighted by atomic mass is 16.5. The minimum Gasteiger partial charge on any atom is -0.459 e. The van der Waals surface area contributed by atoms with Gasteiger partial charge in [-0.3, -0.25) is 9.59 Å². The van der Waals surface area contributed by atoms with Crippen molar-refractivity contribution in [1.29, 1.82) is 0 Å². The molecule has 0 radical (unpaired) electrons. The maximum absolute atomic E-state index is 12.8. The van der Waals surface area contributed by atoms with Crippen LogP contribution in [0.5, 0.6) is 11.5 Å². The molecule has 0 unspecified atom stereocenters. The molecule has 1 aliphatic heterocycles. The summed E-state index contributed by atoms with van der Waals surface area (Å²) in [5.41, 5.74) is 3.42. The van der Waals surface area contributed by atoms with Gasteiger partial charge in [0.15, 0.2) is 5.76 Å². The molecular weight excluding hydrogens is 416 g/mol. The summed E-state index contributed by atoms with van der Waals surface area (Å²) < 4.78 is 11.0. The van der Waals surface area contributed by atoms with E-state index in [0.29, 0.717) is 35.9 Å². The van der Waals surface area contributed by atoms with Crippen LogP contribution in [0.15, 0.2) is 95.6 Å². The van der Waals surface area contributed by atoms with Crippen molar-refractivity contribution in [2.45, 2.75) is 13.0 Å². The van der Waals surface area contributed by atoms with Crippen LogP contribution in [0.2, 0.25) is 0 Å². The van der Waals surface area contributed by atoms with Crippen molar-refractivity contribution >= 4 is 17.5 Å². The number of carbonyl (C=O) groups excluding carboxylic acids is 2. The van der Waals surface area contributed by atoms with Gasteiger partial charge in [0.05, 0.1) is 6.26 Å². The second-order valence-electron chi connectivity index (χ2n) is 7.83. The van der Waals surface area contributed by atoms with Gasteiger partial charge in [-0.1, -0.05) is 24.3 Å². The highest BCUT2D eigenvalue weighted by Crippen LogP contribution is 2.25. The van der Waals surface area contributed by atoms with Crippen LogP contribution in [0.25, 0.3) is 0 Å². The molecule has 0 saturated carbocycles. The number of carbonyl (C=O) groups is 2. The average Bonchev–Trinajstić information content (AvgIpc) is 3.39. The number of nitrogens with zero attached hydrogens (tertiary/aromatic N) is 1. The van der Waals surface area contributed by atoms with Crippen molar-refractivity contribution in [2.24, 2.45) is 0 Å². The topological polar surface area (TPSA) is 71.8 Å². The van der Waals surface area contributed by atoms with E-state index in [1.807, 2.05) is 48.5 Å². The zero-order valence-corrected chi connectivity index (χ0v) is 17.9. The van der Waals surface area contributed by atoms with Crippen molar-refractivity contribution in [2.75, 3.05) is 11.9 Å². The van der Waals surface area contributed by atoms with Crippen LogP contribution in [0, 0.1) is 0 Å². The Kier molecular flexibility index (Phi) is 5.64. The van der Waals surface area contributed by atoms with E-state index in [2.05, 4.69) is 5.32 Å². The van der Waals surface area contributed by atoms with Gasteiger partial charge in [-0.15, -0.1) is 0 Å². The zero-order valence-electron chi connectivity index (χ0n) is 17.9. The fourth-order valence-electron chi connectivity index (χ4n) is 3.87. The van der Waals surface area contributed by atoms with Crippen molar-refractivity contribution in [1.82, 2.24) is 4.90 Å². The predicted octanol–water partition coefficient (Wildman–Crippen LogP) is 5.52. The molecule has 6 heteroatoms. The summed E-state index contributed by atoms with van der Waals surface area (Å²) in [6, 6.07) is 25.7. The number of hydrogen-bond acceptors (Lipinski definition) is 4. The fourth-order valence-corrected chi connectivity index (χ4v) is 3.87. The highest BCUT2D eigenvalue weighted by Gasteiger charge is 2.23. The second kappa shape index (κ2) is 9.04. The van der Waals surface area contributed by atoms with Crippen LogP contribution in [-0.2, 0) is 13.0 Å². The molecular formula is C27H22N2O4. The molecule has 0 fully saturated rings.